The van der Waals surface area contributed by atoms with Gasteiger partial charge in [-0.1, -0.05) is 26.0 Å². The van der Waals surface area contributed by atoms with Gasteiger partial charge in [0.2, 0.25) is 0 Å². The van der Waals surface area contributed by atoms with E-state index in [1.807, 2.05) is 13.8 Å². The van der Waals surface area contributed by atoms with Crippen molar-refractivity contribution in [1.82, 2.24) is 9.27 Å². The Balaban J connectivity index is 2.92. The molecule has 1 aromatic rings. The predicted molar refractivity (Wildman–Crippen MR) is 81.9 cm³/mol. The van der Waals surface area contributed by atoms with Crippen LogP contribution in [-0.4, -0.2) is 28.4 Å². The maximum Gasteiger partial charge on any atom is 0.323 e. The van der Waals surface area contributed by atoms with Crippen molar-refractivity contribution in [3.05, 3.63) is 36.6 Å². The first-order valence-electron chi connectivity index (χ1n) is 6.22. The Hall–Kier alpha value is -2.13. The molecule has 0 fully saturated rings. The van der Waals surface area contributed by atoms with Crippen LogP contribution in [0, 0.1) is 11.3 Å². The fraction of sp³-hybridized carbons (Fsp3) is 0.357. The lowest BCUT2D eigenvalue weighted by Crippen LogP contribution is -2.35. The summed E-state index contributed by atoms with van der Waals surface area (Å²) in [6, 6.07) is 1.82. The molecule has 20 heavy (non-hydrogen) atoms. The van der Waals surface area contributed by atoms with E-state index < -0.39 is 0 Å². The lowest BCUT2D eigenvalue weighted by Gasteiger charge is -2.19. The number of nitriles is 1. The van der Waals surface area contributed by atoms with Gasteiger partial charge >= 0.3 is 6.03 Å². The number of aromatic nitrogens is 1. The third-order valence-corrected chi connectivity index (χ3v) is 3.36. The third kappa shape index (κ3) is 3.68. The van der Waals surface area contributed by atoms with Gasteiger partial charge in [-0.05, 0) is 17.5 Å². The van der Waals surface area contributed by atoms with Crippen molar-refractivity contribution in [1.29, 1.82) is 5.26 Å². The van der Waals surface area contributed by atoms with Crippen LogP contribution in [0.1, 0.15) is 31.0 Å². The first kappa shape index (κ1) is 15.9. The zero-order chi connectivity index (χ0) is 15.1. The van der Waals surface area contributed by atoms with E-state index in [0.717, 1.165) is 11.5 Å². The second-order valence-corrected chi connectivity index (χ2v) is 5.22. The standard InChI is InChI=1S/C14H18N4OS/c1-5-7-18(8-6-2)14(19)16-13-11(9-15)12(10(3)4)17-20-13/h5-6,10H,1-2,7-8H2,3-4H3,(H,16,19). The van der Waals surface area contributed by atoms with E-state index in [1.54, 1.807) is 12.2 Å². The van der Waals surface area contributed by atoms with Gasteiger partial charge in [0.25, 0.3) is 0 Å². The van der Waals surface area contributed by atoms with Gasteiger partial charge in [-0.15, -0.1) is 13.2 Å². The lowest BCUT2D eigenvalue weighted by molar-refractivity contribution is 0.222. The summed E-state index contributed by atoms with van der Waals surface area (Å²) in [5, 5.41) is 12.4. The second kappa shape index (κ2) is 7.46. The number of carbonyl (C=O) groups is 1. The first-order valence-corrected chi connectivity index (χ1v) is 6.99. The van der Waals surface area contributed by atoms with Crippen LogP contribution in [0.25, 0.3) is 0 Å². The van der Waals surface area contributed by atoms with Gasteiger partial charge in [0.1, 0.15) is 16.6 Å². The second-order valence-electron chi connectivity index (χ2n) is 4.45. The third-order valence-electron chi connectivity index (χ3n) is 2.58. The highest BCUT2D eigenvalue weighted by Crippen LogP contribution is 2.29. The molecule has 0 atom stereocenters. The minimum atomic E-state index is -0.291. The smallest absolute Gasteiger partial charge is 0.317 e. The highest BCUT2D eigenvalue weighted by Gasteiger charge is 2.19. The Morgan fingerprint density at radius 2 is 2.10 bits per heavy atom. The molecule has 0 unspecified atom stereocenters. The van der Waals surface area contributed by atoms with E-state index in [-0.39, 0.29) is 11.9 Å². The van der Waals surface area contributed by atoms with E-state index in [4.69, 9.17) is 0 Å². The van der Waals surface area contributed by atoms with Gasteiger partial charge < -0.3 is 4.90 Å². The van der Waals surface area contributed by atoms with Crippen molar-refractivity contribution in [3.8, 4) is 6.07 Å². The lowest BCUT2D eigenvalue weighted by atomic mass is 10.1. The summed E-state index contributed by atoms with van der Waals surface area (Å²) in [6.07, 6.45) is 3.28. The van der Waals surface area contributed by atoms with E-state index in [0.29, 0.717) is 29.3 Å². The van der Waals surface area contributed by atoms with Crippen LogP contribution in [0.2, 0.25) is 0 Å². The molecular weight excluding hydrogens is 272 g/mol. The number of hydrogen-bond acceptors (Lipinski definition) is 4. The first-order chi connectivity index (χ1) is 9.54. The molecule has 106 valence electrons. The van der Waals surface area contributed by atoms with Gasteiger partial charge in [-0.2, -0.15) is 9.64 Å². The zero-order valence-corrected chi connectivity index (χ0v) is 12.5. The van der Waals surface area contributed by atoms with Crippen LogP contribution < -0.4 is 5.32 Å². The summed E-state index contributed by atoms with van der Waals surface area (Å²) < 4.78 is 4.24. The molecule has 1 heterocycles. The molecule has 0 radical (unpaired) electrons. The number of anilines is 1. The molecule has 6 heteroatoms. The summed E-state index contributed by atoms with van der Waals surface area (Å²) in [5.74, 6) is 0.143. The summed E-state index contributed by atoms with van der Waals surface area (Å²) in [6.45, 7) is 12.0. The Morgan fingerprint density at radius 1 is 1.50 bits per heavy atom. The van der Waals surface area contributed by atoms with Crippen LogP contribution in [-0.2, 0) is 0 Å². The molecule has 1 rings (SSSR count). The van der Waals surface area contributed by atoms with Crippen molar-refractivity contribution < 1.29 is 4.79 Å². The normalized spacial score (nSPS) is 9.90. The molecule has 0 aromatic carbocycles. The number of nitrogens with zero attached hydrogens (tertiary/aromatic N) is 3. The molecule has 1 N–H and O–H groups in total. The summed E-state index contributed by atoms with van der Waals surface area (Å²) >= 11 is 1.13. The molecule has 0 aliphatic rings. The summed E-state index contributed by atoms with van der Waals surface area (Å²) in [5.41, 5.74) is 1.15. The molecule has 0 aliphatic heterocycles. The minimum absolute atomic E-state index is 0.143. The van der Waals surface area contributed by atoms with Gasteiger partial charge in [0, 0.05) is 13.1 Å². The largest absolute Gasteiger partial charge is 0.323 e. The van der Waals surface area contributed by atoms with Crippen LogP contribution >= 0.6 is 11.5 Å². The Kier molecular flexibility index (Phi) is 5.94. The van der Waals surface area contributed by atoms with E-state index in [1.165, 1.54) is 4.90 Å². The predicted octanol–water partition coefficient (Wildman–Crippen LogP) is 3.34. The molecular formula is C14H18N4OS. The van der Waals surface area contributed by atoms with Crippen molar-refractivity contribution in [2.24, 2.45) is 0 Å². The van der Waals surface area contributed by atoms with Gasteiger partial charge in [-0.3, -0.25) is 5.32 Å². The molecule has 2 amide bonds. The number of urea groups is 1. The zero-order valence-electron chi connectivity index (χ0n) is 11.7. The molecule has 0 bridgehead atoms. The number of rotatable bonds is 6. The maximum atomic E-state index is 12.1. The fourth-order valence-corrected chi connectivity index (χ4v) is 2.48. The Labute approximate surface area is 123 Å². The van der Waals surface area contributed by atoms with E-state index >= 15 is 0 Å². The molecule has 0 saturated heterocycles. The van der Waals surface area contributed by atoms with Crippen molar-refractivity contribution in [2.45, 2.75) is 19.8 Å². The fourth-order valence-electron chi connectivity index (χ4n) is 1.62. The molecule has 5 nitrogen and oxygen atoms in total. The van der Waals surface area contributed by atoms with Crippen LogP contribution in [0.4, 0.5) is 9.80 Å². The number of amides is 2. The number of hydrogen-bond donors (Lipinski definition) is 1. The highest BCUT2D eigenvalue weighted by molar-refractivity contribution is 7.10. The van der Waals surface area contributed by atoms with Gasteiger partial charge in [0.05, 0.1) is 5.69 Å². The van der Waals surface area contributed by atoms with Crippen molar-refractivity contribution in [2.75, 3.05) is 18.4 Å². The Bertz CT molecular complexity index is 532. The quantitative estimate of drug-likeness (QED) is 0.817. The van der Waals surface area contributed by atoms with Crippen molar-refractivity contribution in [3.63, 3.8) is 0 Å². The molecule has 0 spiro atoms. The van der Waals surface area contributed by atoms with Crippen LogP contribution in [0.5, 0.6) is 0 Å². The van der Waals surface area contributed by atoms with E-state index in [2.05, 4.69) is 28.9 Å². The van der Waals surface area contributed by atoms with Gasteiger partial charge in [0.15, 0.2) is 0 Å². The average Bonchev–Trinajstić information content (AvgIpc) is 2.81. The van der Waals surface area contributed by atoms with Gasteiger partial charge in [-0.25, -0.2) is 4.79 Å². The SMILES string of the molecule is C=CCN(CC=C)C(=O)Nc1snc(C(C)C)c1C#N. The number of nitrogens with one attached hydrogen (secondary N) is 1. The Morgan fingerprint density at radius 3 is 2.55 bits per heavy atom. The van der Waals surface area contributed by atoms with Crippen LogP contribution in [0.15, 0.2) is 25.3 Å². The molecule has 0 aliphatic carbocycles. The molecule has 0 saturated carbocycles. The average molecular weight is 290 g/mol. The summed E-state index contributed by atoms with van der Waals surface area (Å²) in [4.78, 5) is 13.7. The van der Waals surface area contributed by atoms with Crippen molar-refractivity contribution >= 4 is 22.6 Å². The highest BCUT2D eigenvalue weighted by atomic mass is 32.1. The summed E-state index contributed by atoms with van der Waals surface area (Å²) in [7, 11) is 0. The van der Waals surface area contributed by atoms with Crippen LogP contribution in [0.3, 0.4) is 0 Å². The minimum Gasteiger partial charge on any atom is -0.317 e. The number of carbonyl (C=O) groups excluding carboxylic acids is 1. The monoisotopic (exact) mass is 290 g/mol. The maximum absolute atomic E-state index is 12.1. The van der Waals surface area contributed by atoms with E-state index in [9.17, 15) is 10.1 Å². The molecule has 1 aromatic heterocycles. The topological polar surface area (TPSA) is 69.0 Å².